The number of aromatic hydroxyl groups is 1. The molecule has 5 nitrogen and oxygen atoms in total. The molecule has 1 aromatic heterocycles. The molecule has 0 radical (unpaired) electrons. The van der Waals surface area contributed by atoms with Gasteiger partial charge in [0.25, 0.3) is 0 Å². The first-order chi connectivity index (χ1) is 11.7. The number of phenols is 1. The average molecular weight is 322 g/mol. The van der Waals surface area contributed by atoms with E-state index in [4.69, 9.17) is 14.2 Å². The van der Waals surface area contributed by atoms with Crippen molar-refractivity contribution in [1.82, 2.24) is 0 Å². The highest BCUT2D eigenvalue weighted by Crippen LogP contribution is 2.40. The lowest BCUT2D eigenvalue weighted by Gasteiger charge is -2.16. The third-order valence-electron chi connectivity index (χ3n) is 4.78. The number of hydrogen-bond donors (Lipinski definition) is 1. The third-order valence-corrected chi connectivity index (χ3v) is 4.78. The number of aryl methyl sites for hydroxylation is 2. The van der Waals surface area contributed by atoms with Gasteiger partial charge < -0.3 is 19.3 Å². The highest BCUT2D eigenvalue weighted by Gasteiger charge is 2.27. The van der Waals surface area contributed by atoms with Crippen LogP contribution in [0.2, 0.25) is 0 Å². The standard InChI is InChI=1S/C19H15NO4/c1-22-17-7-13-9-20-3-2-11-6-18-19(24-10-23-18)8-14(11)15(20)4-12(13)5-16(17)21/h4-9H,2-3,10H2,1H3/p+1. The number of ether oxygens (including phenoxy) is 3. The summed E-state index contributed by atoms with van der Waals surface area (Å²) < 4.78 is 18.5. The maximum Gasteiger partial charge on any atom is 0.231 e. The van der Waals surface area contributed by atoms with Gasteiger partial charge in [-0.2, -0.15) is 4.57 Å². The Labute approximate surface area is 138 Å². The fraction of sp³-hybridized carbons (Fsp3) is 0.211. The van der Waals surface area contributed by atoms with E-state index in [1.165, 1.54) is 5.56 Å². The molecule has 0 atom stereocenters. The van der Waals surface area contributed by atoms with Gasteiger partial charge in [0, 0.05) is 17.9 Å². The molecule has 0 bridgehead atoms. The second-order valence-corrected chi connectivity index (χ2v) is 6.12. The first kappa shape index (κ1) is 13.5. The van der Waals surface area contributed by atoms with Gasteiger partial charge in [-0.25, -0.2) is 0 Å². The summed E-state index contributed by atoms with van der Waals surface area (Å²) >= 11 is 0. The number of fused-ring (bicyclic) bond motifs is 5. The molecular formula is C19H16NO4+. The van der Waals surface area contributed by atoms with Crippen molar-refractivity contribution in [2.24, 2.45) is 0 Å². The number of pyridine rings is 1. The summed E-state index contributed by atoms with van der Waals surface area (Å²) in [5.41, 5.74) is 3.53. The number of benzene rings is 2. The molecule has 0 saturated carbocycles. The molecule has 0 saturated heterocycles. The Bertz CT molecular complexity index is 997. The second kappa shape index (κ2) is 4.77. The van der Waals surface area contributed by atoms with Crippen LogP contribution in [0.4, 0.5) is 0 Å². The van der Waals surface area contributed by atoms with Crippen LogP contribution in [0.1, 0.15) is 5.56 Å². The summed E-state index contributed by atoms with van der Waals surface area (Å²) in [5, 5.41) is 12.1. The molecule has 2 aliphatic rings. The van der Waals surface area contributed by atoms with E-state index in [0.29, 0.717) is 5.75 Å². The van der Waals surface area contributed by atoms with E-state index in [0.717, 1.165) is 46.5 Å². The first-order valence-electron chi connectivity index (χ1n) is 7.90. The normalized spacial score (nSPS) is 14.4. The molecule has 0 fully saturated rings. The van der Waals surface area contributed by atoms with Gasteiger partial charge >= 0.3 is 0 Å². The van der Waals surface area contributed by atoms with Crippen molar-refractivity contribution in [2.45, 2.75) is 13.0 Å². The van der Waals surface area contributed by atoms with Crippen molar-refractivity contribution in [3.63, 3.8) is 0 Å². The topological polar surface area (TPSA) is 51.8 Å². The molecule has 5 rings (SSSR count). The lowest BCUT2D eigenvalue weighted by Crippen LogP contribution is -2.39. The van der Waals surface area contributed by atoms with E-state index in [2.05, 4.69) is 29.0 Å². The largest absolute Gasteiger partial charge is 0.504 e. The van der Waals surface area contributed by atoms with Crippen molar-refractivity contribution in [1.29, 1.82) is 0 Å². The monoisotopic (exact) mass is 322 g/mol. The summed E-state index contributed by atoms with van der Waals surface area (Å²) in [7, 11) is 1.56. The van der Waals surface area contributed by atoms with E-state index >= 15 is 0 Å². The summed E-state index contributed by atoms with van der Waals surface area (Å²) in [6.45, 7) is 1.19. The van der Waals surface area contributed by atoms with Gasteiger partial charge in [0.05, 0.1) is 12.7 Å². The van der Waals surface area contributed by atoms with Crippen LogP contribution in [0.25, 0.3) is 22.0 Å². The summed E-state index contributed by atoms with van der Waals surface area (Å²) in [4.78, 5) is 0. The van der Waals surface area contributed by atoms with Crippen molar-refractivity contribution >= 4 is 10.8 Å². The predicted molar refractivity (Wildman–Crippen MR) is 87.6 cm³/mol. The molecule has 24 heavy (non-hydrogen) atoms. The zero-order chi connectivity index (χ0) is 16.3. The Morgan fingerprint density at radius 1 is 1.04 bits per heavy atom. The zero-order valence-corrected chi connectivity index (χ0v) is 13.2. The molecule has 0 unspecified atom stereocenters. The van der Waals surface area contributed by atoms with Gasteiger partial charge in [-0.15, -0.1) is 0 Å². The molecule has 0 aliphatic carbocycles. The quantitative estimate of drug-likeness (QED) is 0.700. The highest BCUT2D eigenvalue weighted by atomic mass is 16.7. The molecule has 2 aliphatic heterocycles. The summed E-state index contributed by atoms with van der Waals surface area (Å²) in [6.07, 6.45) is 3.06. The van der Waals surface area contributed by atoms with Gasteiger partial charge in [0.1, 0.15) is 0 Å². The van der Waals surface area contributed by atoms with Crippen molar-refractivity contribution in [3.8, 4) is 34.3 Å². The van der Waals surface area contributed by atoms with E-state index < -0.39 is 0 Å². The lowest BCUT2D eigenvalue weighted by atomic mass is 9.95. The smallest absolute Gasteiger partial charge is 0.231 e. The second-order valence-electron chi connectivity index (χ2n) is 6.12. The van der Waals surface area contributed by atoms with Gasteiger partial charge in [-0.3, -0.25) is 0 Å². The molecule has 3 heterocycles. The molecule has 1 N–H and O–H groups in total. The molecule has 3 aromatic rings. The van der Waals surface area contributed by atoms with Crippen molar-refractivity contribution < 1.29 is 23.9 Å². The minimum Gasteiger partial charge on any atom is -0.504 e. The van der Waals surface area contributed by atoms with Crippen LogP contribution in [-0.4, -0.2) is 19.0 Å². The minimum absolute atomic E-state index is 0.150. The molecule has 0 spiro atoms. The summed E-state index contributed by atoms with van der Waals surface area (Å²) in [5.74, 6) is 2.25. The van der Waals surface area contributed by atoms with Crippen LogP contribution in [0, 0.1) is 0 Å². The Hall–Kier alpha value is -2.95. The molecular weight excluding hydrogens is 306 g/mol. The van der Waals surface area contributed by atoms with Gasteiger partial charge in [-0.1, -0.05) is 0 Å². The lowest BCUT2D eigenvalue weighted by molar-refractivity contribution is -0.686. The van der Waals surface area contributed by atoms with Crippen LogP contribution in [0.3, 0.4) is 0 Å². The van der Waals surface area contributed by atoms with E-state index in [1.54, 1.807) is 13.2 Å². The number of phenolic OH excluding ortho intramolecular Hbond substituents is 1. The fourth-order valence-electron chi connectivity index (χ4n) is 3.56. The zero-order valence-electron chi connectivity index (χ0n) is 13.2. The number of nitrogens with zero attached hydrogens (tertiary/aromatic N) is 1. The Kier molecular flexibility index (Phi) is 2.68. The van der Waals surface area contributed by atoms with Crippen LogP contribution in [0.15, 0.2) is 36.5 Å². The SMILES string of the molecule is COc1cc2c[n+]3c(cc2cc1O)-c1cc2c(cc1CC3)OCO2. The summed E-state index contributed by atoms with van der Waals surface area (Å²) in [6, 6.07) is 9.85. The van der Waals surface area contributed by atoms with Gasteiger partial charge in [0.2, 0.25) is 12.5 Å². The Morgan fingerprint density at radius 2 is 1.88 bits per heavy atom. The maximum atomic E-state index is 10.1. The molecule has 2 aromatic carbocycles. The number of aromatic nitrogens is 1. The van der Waals surface area contributed by atoms with Crippen molar-refractivity contribution in [2.75, 3.05) is 13.9 Å². The van der Waals surface area contributed by atoms with Gasteiger partial charge in [-0.05, 0) is 35.2 Å². The average Bonchev–Trinajstić information content (AvgIpc) is 3.05. The van der Waals surface area contributed by atoms with Crippen LogP contribution < -0.4 is 18.8 Å². The Morgan fingerprint density at radius 3 is 2.71 bits per heavy atom. The third kappa shape index (κ3) is 1.84. The van der Waals surface area contributed by atoms with Crippen LogP contribution in [0.5, 0.6) is 23.0 Å². The fourth-order valence-corrected chi connectivity index (χ4v) is 3.56. The molecule has 0 amide bonds. The Balaban J connectivity index is 1.75. The number of methoxy groups -OCH3 is 1. The molecule has 5 heteroatoms. The van der Waals surface area contributed by atoms with Crippen LogP contribution >= 0.6 is 0 Å². The van der Waals surface area contributed by atoms with Crippen molar-refractivity contribution in [3.05, 3.63) is 42.1 Å². The van der Waals surface area contributed by atoms with E-state index in [1.807, 2.05) is 6.07 Å². The number of hydrogen-bond acceptors (Lipinski definition) is 4. The van der Waals surface area contributed by atoms with Crippen LogP contribution in [-0.2, 0) is 13.0 Å². The first-order valence-corrected chi connectivity index (χ1v) is 7.90. The van der Waals surface area contributed by atoms with E-state index in [-0.39, 0.29) is 12.5 Å². The van der Waals surface area contributed by atoms with E-state index in [9.17, 15) is 5.11 Å². The maximum absolute atomic E-state index is 10.1. The highest BCUT2D eigenvalue weighted by molar-refractivity contribution is 5.87. The number of rotatable bonds is 1. The minimum atomic E-state index is 0.150. The molecule has 120 valence electrons. The predicted octanol–water partition coefficient (Wildman–Crippen LogP) is 2.79. The van der Waals surface area contributed by atoms with Gasteiger partial charge in [0.15, 0.2) is 35.7 Å².